The molecule has 3 aliphatic rings. The molecule has 0 saturated carbocycles. The van der Waals surface area contributed by atoms with E-state index in [0.29, 0.717) is 25.0 Å². The molecule has 0 spiro atoms. The maximum Gasteiger partial charge on any atom is 0.407 e. The SMILES string of the molecule is CSCC[C@H](NC(=O)OCC1c2ccccc2-c2ccccc21)C(=O)N1C2CCC1C(C(=O)O)C2. The van der Waals surface area contributed by atoms with Gasteiger partial charge in [-0.3, -0.25) is 9.59 Å². The molecule has 2 aromatic rings. The third-order valence-electron chi connectivity index (χ3n) is 7.65. The molecule has 8 heteroatoms. The van der Waals surface area contributed by atoms with Crippen LogP contribution in [0.3, 0.4) is 0 Å². The fourth-order valence-electron chi connectivity index (χ4n) is 6.05. The molecule has 2 heterocycles. The lowest BCUT2D eigenvalue weighted by atomic mass is 9.89. The van der Waals surface area contributed by atoms with Crippen molar-refractivity contribution in [2.75, 3.05) is 18.6 Å². The summed E-state index contributed by atoms with van der Waals surface area (Å²) >= 11 is 1.60. The Morgan fingerprint density at radius 2 is 1.74 bits per heavy atom. The van der Waals surface area contributed by atoms with Gasteiger partial charge in [0.1, 0.15) is 12.6 Å². The van der Waals surface area contributed by atoms with Crippen molar-refractivity contribution in [1.82, 2.24) is 10.2 Å². The van der Waals surface area contributed by atoms with Crippen LogP contribution in [0.5, 0.6) is 0 Å². The Hall–Kier alpha value is -3.00. The molecule has 2 fully saturated rings. The van der Waals surface area contributed by atoms with Crippen LogP contribution in [0.15, 0.2) is 48.5 Å². The van der Waals surface area contributed by atoms with Gasteiger partial charge in [-0.2, -0.15) is 11.8 Å². The number of carboxylic acids is 1. The summed E-state index contributed by atoms with van der Waals surface area (Å²) in [6.07, 6.45) is 3.82. The van der Waals surface area contributed by atoms with Crippen LogP contribution < -0.4 is 5.32 Å². The second-order valence-electron chi connectivity index (χ2n) is 9.53. The number of fused-ring (bicyclic) bond motifs is 5. The van der Waals surface area contributed by atoms with E-state index in [2.05, 4.69) is 29.6 Å². The number of hydrogen-bond acceptors (Lipinski definition) is 5. The van der Waals surface area contributed by atoms with Gasteiger partial charge in [0.15, 0.2) is 0 Å². The molecule has 0 radical (unpaired) electrons. The highest BCUT2D eigenvalue weighted by molar-refractivity contribution is 7.98. The quantitative estimate of drug-likeness (QED) is 0.573. The molecule has 2 aromatic carbocycles. The molecule has 7 nitrogen and oxygen atoms in total. The van der Waals surface area contributed by atoms with Gasteiger partial charge in [-0.15, -0.1) is 0 Å². The van der Waals surface area contributed by atoms with E-state index in [-0.39, 0.29) is 30.5 Å². The number of carbonyl (C=O) groups excluding carboxylic acids is 2. The van der Waals surface area contributed by atoms with E-state index in [9.17, 15) is 19.5 Å². The summed E-state index contributed by atoms with van der Waals surface area (Å²) in [5, 5.41) is 12.3. The smallest absolute Gasteiger partial charge is 0.407 e. The summed E-state index contributed by atoms with van der Waals surface area (Å²) in [4.78, 5) is 39.7. The fraction of sp³-hybridized carbons (Fsp3) is 0.444. The molecular weight excluding hydrogens is 464 g/mol. The molecule has 184 valence electrons. The number of aliphatic carboxylic acids is 1. The van der Waals surface area contributed by atoms with Crippen molar-refractivity contribution in [2.24, 2.45) is 5.92 Å². The number of nitrogens with one attached hydrogen (secondary N) is 1. The first-order valence-corrected chi connectivity index (χ1v) is 13.5. The Labute approximate surface area is 209 Å². The molecule has 1 aliphatic carbocycles. The summed E-state index contributed by atoms with van der Waals surface area (Å²) < 4.78 is 5.67. The lowest BCUT2D eigenvalue weighted by molar-refractivity contribution is -0.143. The number of alkyl carbamates (subject to hydrolysis) is 1. The third-order valence-corrected chi connectivity index (χ3v) is 8.30. The van der Waals surface area contributed by atoms with Gasteiger partial charge in [0, 0.05) is 18.0 Å². The first-order chi connectivity index (χ1) is 17.0. The summed E-state index contributed by atoms with van der Waals surface area (Å²) in [5.74, 6) is -0.914. The number of carbonyl (C=O) groups is 3. The highest BCUT2D eigenvalue weighted by Gasteiger charge is 2.52. The molecule has 35 heavy (non-hydrogen) atoms. The minimum Gasteiger partial charge on any atom is -0.481 e. The molecule has 2 N–H and O–H groups in total. The Morgan fingerprint density at radius 1 is 1.09 bits per heavy atom. The van der Waals surface area contributed by atoms with Gasteiger partial charge in [0.25, 0.3) is 0 Å². The largest absolute Gasteiger partial charge is 0.481 e. The third kappa shape index (κ3) is 4.40. The first kappa shape index (κ1) is 23.7. The van der Waals surface area contributed by atoms with Gasteiger partial charge in [-0.25, -0.2) is 4.79 Å². The number of rotatable bonds is 8. The average Bonchev–Trinajstić information content (AvgIpc) is 3.54. The monoisotopic (exact) mass is 494 g/mol. The van der Waals surface area contributed by atoms with Crippen LogP contribution in [-0.2, 0) is 14.3 Å². The summed E-state index contributed by atoms with van der Waals surface area (Å²) in [5.41, 5.74) is 4.57. The molecular formula is C27H30N2O5S. The number of ether oxygens (including phenoxy) is 1. The zero-order valence-electron chi connectivity index (χ0n) is 19.7. The second kappa shape index (κ2) is 9.93. The van der Waals surface area contributed by atoms with Crippen LogP contribution in [0.1, 0.15) is 42.7 Å². The Morgan fingerprint density at radius 3 is 2.34 bits per heavy atom. The van der Waals surface area contributed by atoms with E-state index < -0.39 is 24.0 Å². The number of hydrogen-bond donors (Lipinski definition) is 2. The minimum atomic E-state index is -0.847. The van der Waals surface area contributed by atoms with Crippen molar-refractivity contribution in [1.29, 1.82) is 0 Å². The second-order valence-corrected chi connectivity index (χ2v) is 10.5. The average molecular weight is 495 g/mol. The summed E-state index contributed by atoms with van der Waals surface area (Å²) in [6, 6.07) is 15.2. The van der Waals surface area contributed by atoms with Gasteiger partial charge < -0.3 is 20.1 Å². The fourth-order valence-corrected chi connectivity index (χ4v) is 6.52. The normalized spacial score (nSPS) is 23.0. The van der Waals surface area contributed by atoms with Gasteiger partial charge in [0.2, 0.25) is 5.91 Å². The van der Waals surface area contributed by atoms with Crippen molar-refractivity contribution in [3.63, 3.8) is 0 Å². The van der Waals surface area contributed by atoms with Gasteiger partial charge >= 0.3 is 12.1 Å². The summed E-state index contributed by atoms with van der Waals surface area (Å²) in [7, 11) is 0. The number of benzene rings is 2. The van der Waals surface area contributed by atoms with Crippen LogP contribution in [0.4, 0.5) is 4.79 Å². The van der Waals surface area contributed by atoms with Crippen LogP contribution in [0, 0.1) is 5.92 Å². The van der Waals surface area contributed by atoms with Crippen molar-refractivity contribution in [2.45, 2.75) is 49.7 Å². The molecule has 5 rings (SSSR count). The highest BCUT2D eigenvalue weighted by atomic mass is 32.2. The molecule has 2 amide bonds. The van der Waals surface area contributed by atoms with E-state index >= 15 is 0 Å². The topological polar surface area (TPSA) is 95.9 Å². The zero-order valence-corrected chi connectivity index (χ0v) is 20.5. The van der Waals surface area contributed by atoms with Crippen molar-refractivity contribution in [3.05, 3.63) is 59.7 Å². The summed E-state index contributed by atoms with van der Waals surface area (Å²) in [6.45, 7) is 0.180. The number of carboxylic acid groups (broad SMARTS) is 1. The molecule has 0 aromatic heterocycles. The zero-order chi connectivity index (χ0) is 24.5. The van der Waals surface area contributed by atoms with Crippen molar-refractivity contribution >= 4 is 29.7 Å². The van der Waals surface area contributed by atoms with Crippen LogP contribution in [0.25, 0.3) is 11.1 Å². The Balaban J connectivity index is 1.26. The Bertz CT molecular complexity index is 1090. The lowest BCUT2D eigenvalue weighted by Gasteiger charge is -2.28. The van der Waals surface area contributed by atoms with Crippen molar-refractivity contribution in [3.8, 4) is 11.1 Å². The Kier molecular flexibility index (Phi) is 6.73. The molecule has 2 saturated heterocycles. The van der Waals surface area contributed by atoms with Crippen LogP contribution in [0.2, 0.25) is 0 Å². The predicted octanol–water partition coefficient (Wildman–Crippen LogP) is 4.11. The highest BCUT2D eigenvalue weighted by Crippen LogP contribution is 2.45. The van der Waals surface area contributed by atoms with Gasteiger partial charge in [0.05, 0.1) is 5.92 Å². The minimum absolute atomic E-state index is 0.0562. The van der Waals surface area contributed by atoms with Gasteiger partial charge in [-0.05, 0) is 59.9 Å². The van der Waals surface area contributed by atoms with Crippen molar-refractivity contribution < 1.29 is 24.2 Å². The number of thioether (sulfide) groups is 1. The molecule has 2 aliphatic heterocycles. The molecule has 4 atom stereocenters. The van der Waals surface area contributed by atoms with E-state index in [1.807, 2.05) is 30.5 Å². The van der Waals surface area contributed by atoms with Crippen LogP contribution in [-0.4, -0.2) is 64.7 Å². The maximum absolute atomic E-state index is 13.5. The van der Waals surface area contributed by atoms with E-state index in [4.69, 9.17) is 4.74 Å². The molecule has 3 unspecified atom stereocenters. The van der Waals surface area contributed by atoms with E-state index in [1.54, 1.807) is 16.7 Å². The van der Waals surface area contributed by atoms with Gasteiger partial charge in [-0.1, -0.05) is 48.5 Å². The first-order valence-electron chi connectivity index (χ1n) is 12.1. The van der Waals surface area contributed by atoms with Crippen LogP contribution >= 0.6 is 11.8 Å². The van der Waals surface area contributed by atoms with E-state index in [1.165, 1.54) is 0 Å². The maximum atomic E-state index is 13.5. The number of amides is 2. The lowest BCUT2D eigenvalue weighted by Crippen LogP contribution is -2.51. The predicted molar refractivity (Wildman–Crippen MR) is 134 cm³/mol. The van der Waals surface area contributed by atoms with E-state index in [0.717, 1.165) is 28.7 Å². The number of nitrogens with zero attached hydrogens (tertiary/aromatic N) is 1. The standard InChI is InChI=1S/C27H30N2O5S/c1-35-13-12-23(25(30)29-16-10-11-24(29)21(14-16)26(31)32)28-27(33)34-15-22-19-8-4-2-6-17(19)18-7-3-5-9-20(18)22/h2-9,16,21-24H,10-15H2,1H3,(H,28,33)(H,31,32)/t16?,21?,23-,24?/m0/s1. The molecule has 2 bridgehead atoms.